The average molecular weight is 372 g/mol. The number of esters is 1. The van der Waals surface area contributed by atoms with E-state index in [1.807, 2.05) is 19.9 Å². The van der Waals surface area contributed by atoms with Crippen LogP contribution in [-0.2, 0) is 23.1 Å². The molecule has 0 radical (unpaired) electrons. The van der Waals surface area contributed by atoms with Crippen molar-refractivity contribution in [3.8, 4) is 0 Å². The summed E-state index contributed by atoms with van der Waals surface area (Å²) in [6.07, 6.45) is 1.69. The van der Waals surface area contributed by atoms with Crippen LogP contribution >= 0.6 is 11.3 Å². The fourth-order valence-corrected chi connectivity index (χ4v) is 3.84. The van der Waals surface area contributed by atoms with E-state index in [2.05, 4.69) is 16.2 Å². The number of amides is 1. The van der Waals surface area contributed by atoms with Gasteiger partial charge in [0, 0.05) is 13.2 Å². The zero-order chi connectivity index (χ0) is 18.8. The Kier molecular flexibility index (Phi) is 5.03. The zero-order valence-electron chi connectivity index (χ0n) is 15.1. The third-order valence-corrected chi connectivity index (χ3v) is 5.07. The molecule has 0 unspecified atom stereocenters. The molecular weight excluding hydrogens is 352 g/mol. The number of benzene rings is 1. The minimum absolute atomic E-state index is 0.00502. The number of hydrogen-bond acceptors (Lipinski definition) is 5. The summed E-state index contributed by atoms with van der Waals surface area (Å²) in [5.74, 6) is -0.803. The van der Waals surface area contributed by atoms with Gasteiger partial charge in [-0.1, -0.05) is 17.4 Å². The van der Waals surface area contributed by atoms with Gasteiger partial charge < -0.3 is 9.30 Å². The largest absolute Gasteiger partial charge is 0.465 e. The number of ether oxygens (including phenoxy) is 1. The van der Waals surface area contributed by atoms with Crippen molar-refractivity contribution in [3.05, 3.63) is 46.0 Å². The lowest BCUT2D eigenvalue weighted by Gasteiger charge is -2.06. The molecule has 0 aliphatic rings. The Labute approximate surface area is 154 Å². The van der Waals surface area contributed by atoms with Gasteiger partial charge in [0.05, 0.1) is 16.8 Å². The lowest BCUT2D eigenvalue weighted by Crippen LogP contribution is -2.23. The van der Waals surface area contributed by atoms with E-state index in [1.54, 1.807) is 35.5 Å². The first-order valence-corrected chi connectivity index (χ1v) is 9.05. The Balaban J connectivity index is 2.16. The lowest BCUT2D eigenvalue weighted by atomic mass is 10.1. The van der Waals surface area contributed by atoms with Gasteiger partial charge >= 0.3 is 5.97 Å². The van der Waals surface area contributed by atoms with Crippen molar-refractivity contribution in [1.82, 2.24) is 14.3 Å². The van der Waals surface area contributed by atoms with Crippen LogP contribution in [0.5, 0.6) is 0 Å². The molecule has 0 atom stereocenters. The van der Waals surface area contributed by atoms with Crippen molar-refractivity contribution < 1.29 is 14.3 Å². The minimum atomic E-state index is -0.441. The number of carbonyl (C=O) groups is 2. The summed E-state index contributed by atoms with van der Waals surface area (Å²) in [5.41, 5.74) is 3.29. The Hall–Kier alpha value is -2.74. The summed E-state index contributed by atoms with van der Waals surface area (Å²) in [5, 5.41) is 4.09. The second-order valence-corrected chi connectivity index (χ2v) is 6.97. The Bertz CT molecular complexity index is 1060. The smallest absolute Gasteiger partial charge is 0.326 e. The fraction of sp³-hybridized carbons (Fsp3) is 0.333. The van der Waals surface area contributed by atoms with Crippen LogP contribution in [0.4, 0.5) is 0 Å². The first-order valence-electron chi connectivity index (χ1n) is 8.24. The normalized spacial score (nSPS) is 11.9. The van der Waals surface area contributed by atoms with Gasteiger partial charge in [0.25, 0.3) is 5.91 Å². The van der Waals surface area contributed by atoms with Crippen LogP contribution in [0.2, 0.25) is 0 Å². The molecule has 7 nitrogen and oxygen atoms in total. The monoisotopic (exact) mass is 372 g/mol. The van der Waals surface area contributed by atoms with Crippen LogP contribution in [0, 0.1) is 13.8 Å². The topological polar surface area (TPSA) is 78.5 Å². The second kappa shape index (κ2) is 7.25. The predicted octanol–water partition coefficient (Wildman–Crippen LogP) is 2.36. The predicted molar refractivity (Wildman–Crippen MR) is 99.0 cm³/mol. The molecule has 2 aromatic heterocycles. The summed E-state index contributed by atoms with van der Waals surface area (Å²) in [6.45, 7) is 6.07. The quantitative estimate of drug-likeness (QED) is 0.659. The summed E-state index contributed by atoms with van der Waals surface area (Å²) < 4.78 is 9.35. The molecule has 0 saturated heterocycles. The summed E-state index contributed by atoms with van der Waals surface area (Å²) in [7, 11) is 1.74. The molecule has 0 fully saturated rings. The molecule has 2 heterocycles. The molecule has 0 bridgehead atoms. The van der Waals surface area contributed by atoms with Gasteiger partial charge in [-0.2, -0.15) is 10.1 Å². The SMILES string of the molecule is CCOC(=O)Cn1c(=NC(=O)c2ccn(C)n2)sc2c(C)cc(C)cc21. The fourth-order valence-electron chi connectivity index (χ4n) is 2.76. The average Bonchev–Trinajstić information content (AvgIpc) is 3.13. The first-order chi connectivity index (χ1) is 12.4. The number of fused-ring (bicyclic) bond motifs is 1. The summed E-state index contributed by atoms with van der Waals surface area (Å²) >= 11 is 1.38. The van der Waals surface area contributed by atoms with Crippen molar-refractivity contribution in [2.45, 2.75) is 27.3 Å². The van der Waals surface area contributed by atoms with E-state index in [0.717, 1.165) is 21.3 Å². The summed E-state index contributed by atoms with van der Waals surface area (Å²) in [6, 6.07) is 5.67. The van der Waals surface area contributed by atoms with Gasteiger partial charge in [-0.15, -0.1) is 0 Å². The number of nitrogens with zero attached hydrogens (tertiary/aromatic N) is 4. The second-order valence-electron chi connectivity index (χ2n) is 6.00. The Morgan fingerprint density at radius 1 is 1.31 bits per heavy atom. The van der Waals surface area contributed by atoms with Gasteiger partial charge in [0.15, 0.2) is 10.5 Å². The third kappa shape index (κ3) is 3.60. The van der Waals surface area contributed by atoms with Crippen LogP contribution in [0.25, 0.3) is 10.2 Å². The third-order valence-electron chi connectivity index (χ3n) is 3.84. The number of aryl methyl sites for hydroxylation is 3. The van der Waals surface area contributed by atoms with Crippen molar-refractivity contribution in [3.63, 3.8) is 0 Å². The van der Waals surface area contributed by atoms with Crippen LogP contribution < -0.4 is 4.80 Å². The molecule has 26 heavy (non-hydrogen) atoms. The molecule has 0 aliphatic carbocycles. The lowest BCUT2D eigenvalue weighted by molar-refractivity contribution is -0.143. The van der Waals surface area contributed by atoms with Gasteiger partial charge in [0.1, 0.15) is 6.54 Å². The summed E-state index contributed by atoms with van der Waals surface area (Å²) in [4.78, 5) is 29.2. The van der Waals surface area contributed by atoms with Crippen molar-refractivity contribution in [2.24, 2.45) is 12.0 Å². The molecular formula is C18H20N4O3S. The highest BCUT2D eigenvalue weighted by Crippen LogP contribution is 2.23. The number of carbonyl (C=O) groups excluding carboxylic acids is 2. The van der Waals surface area contributed by atoms with Crippen LogP contribution in [0.15, 0.2) is 29.4 Å². The molecule has 0 saturated carbocycles. The molecule has 0 aliphatic heterocycles. The van der Waals surface area contributed by atoms with E-state index in [4.69, 9.17) is 4.74 Å². The van der Waals surface area contributed by atoms with Gasteiger partial charge in [0.2, 0.25) is 0 Å². The van der Waals surface area contributed by atoms with E-state index in [0.29, 0.717) is 11.4 Å². The molecule has 0 spiro atoms. The highest BCUT2D eigenvalue weighted by molar-refractivity contribution is 7.16. The van der Waals surface area contributed by atoms with E-state index in [9.17, 15) is 9.59 Å². The molecule has 136 valence electrons. The van der Waals surface area contributed by atoms with E-state index in [1.165, 1.54) is 11.3 Å². The number of thiazole rings is 1. The standard InChI is InChI=1S/C18H20N4O3S/c1-5-25-15(23)10-22-14-9-11(2)8-12(3)16(14)26-18(22)19-17(24)13-6-7-21(4)20-13/h6-9H,5,10H2,1-4H3. The van der Waals surface area contributed by atoms with Gasteiger partial charge in [-0.25, -0.2) is 0 Å². The minimum Gasteiger partial charge on any atom is -0.465 e. The van der Waals surface area contributed by atoms with Gasteiger partial charge in [-0.3, -0.25) is 14.3 Å². The Morgan fingerprint density at radius 2 is 2.08 bits per heavy atom. The molecule has 0 N–H and O–H groups in total. The maximum absolute atomic E-state index is 12.5. The molecule has 8 heteroatoms. The highest BCUT2D eigenvalue weighted by Gasteiger charge is 2.15. The van der Waals surface area contributed by atoms with Crippen LogP contribution in [0.1, 0.15) is 28.5 Å². The zero-order valence-corrected chi connectivity index (χ0v) is 16.0. The van der Waals surface area contributed by atoms with Gasteiger partial charge in [-0.05, 0) is 44.0 Å². The van der Waals surface area contributed by atoms with Crippen molar-refractivity contribution in [1.29, 1.82) is 0 Å². The maximum Gasteiger partial charge on any atom is 0.326 e. The van der Waals surface area contributed by atoms with Crippen molar-refractivity contribution >= 4 is 33.4 Å². The van der Waals surface area contributed by atoms with E-state index in [-0.39, 0.29) is 18.2 Å². The molecule has 3 rings (SSSR count). The Morgan fingerprint density at radius 3 is 2.73 bits per heavy atom. The molecule has 1 aromatic carbocycles. The van der Waals surface area contributed by atoms with E-state index >= 15 is 0 Å². The first kappa shape index (κ1) is 18.1. The number of rotatable bonds is 4. The van der Waals surface area contributed by atoms with Crippen LogP contribution in [-0.4, -0.2) is 32.8 Å². The van der Waals surface area contributed by atoms with Crippen molar-refractivity contribution in [2.75, 3.05) is 6.61 Å². The maximum atomic E-state index is 12.5. The molecule has 1 amide bonds. The van der Waals surface area contributed by atoms with Crippen LogP contribution in [0.3, 0.4) is 0 Å². The van der Waals surface area contributed by atoms with E-state index < -0.39 is 5.91 Å². The number of aromatic nitrogens is 3. The number of hydrogen-bond donors (Lipinski definition) is 0. The molecule has 3 aromatic rings. The highest BCUT2D eigenvalue weighted by atomic mass is 32.1.